The van der Waals surface area contributed by atoms with Crippen LogP contribution in [0.4, 0.5) is 39.8 Å². The predicted octanol–water partition coefficient (Wildman–Crippen LogP) is 15.6. The van der Waals surface area contributed by atoms with Crippen LogP contribution in [0.5, 0.6) is 0 Å². The van der Waals surface area contributed by atoms with Crippen LogP contribution in [0.3, 0.4) is 0 Å². The topological polar surface area (TPSA) is 9.72 Å². The Labute approximate surface area is 435 Å². The van der Waals surface area contributed by atoms with Crippen molar-refractivity contribution in [1.29, 1.82) is 0 Å². The molecule has 352 valence electrons. The van der Waals surface area contributed by atoms with Gasteiger partial charge in [0.1, 0.15) is 0 Å². The first-order valence-electron chi connectivity index (χ1n) is 25.6. The summed E-state index contributed by atoms with van der Waals surface area (Å²) in [6, 6.07) is 64.3. The van der Waals surface area contributed by atoms with Crippen LogP contribution < -0.4 is 31.1 Å². The minimum absolute atomic E-state index is 0.0449. The fourth-order valence-electron chi connectivity index (χ4n) is 11.9. The summed E-state index contributed by atoms with van der Waals surface area (Å²) in [5.74, 6) is 0.446. The van der Waals surface area contributed by atoms with E-state index in [1.165, 1.54) is 82.6 Å². The fraction of sp³-hybridized carbons (Fsp3) is 0.182. The van der Waals surface area contributed by atoms with E-state index >= 15 is 0 Å². The van der Waals surface area contributed by atoms with Crippen LogP contribution in [0.1, 0.15) is 63.8 Å². The second kappa shape index (κ2) is 17.4. The molecule has 0 bridgehead atoms. The van der Waals surface area contributed by atoms with E-state index in [1.54, 1.807) is 0 Å². The maximum absolute atomic E-state index is 2.71. The molecule has 13 rings (SSSR count). The lowest BCUT2D eigenvalue weighted by Crippen LogP contribution is -2.62. The highest BCUT2D eigenvalue weighted by atomic mass is 32.2. The Balaban J connectivity index is 1.19. The van der Waals surface area contributed by atoms with Crippen molar-refractivity contribution in [2.45, 2.75) is 62.9 Å². The van der Waals surface area contributed by atoms with Gasteiger partial charge in [-0.05, 0) is 109 Å². The van der Waals surface area contributed by atoms with Crippen molar-refractivity contribution in [2.75, 3.05) is 14.7 Å². The summed E-state index contributed by atoms with van der Waals surface area (Å²) in [7, 11) is 0. The molecular weight excluding hydrogens is 910 g/mol. The molecule has 7 aromatic carbocycles. The van der Waals surface area contributed by atoms with Crippen molar-refractivity contribution >= 4 is 97.6 Å². The van der Waals surface area contributed by atoms with Gasteiger partial charge in [-0.3, -0.25) is 0 Å². The molecule has 0 spiro atoms. The molecule has 0 radical (unpaired) electrons. The molecule has 2 aliphatic carbocycles. The second-order valence-corrected chi connectivity index (χ2v) is 24.3. The zero-order valence-electron chi connectivity index (χ0n) is 41.8. The Kier molecular flexibility index (Phi) is 10.9. The lowest BCUT2D eigenvalue weighted by molar-refractivity contribution is 0.590. The van der Waals surface area contributed by atoms with Gasteiger partial charge in [0.15, 0.2) is 0 Å². The SMILES string of the molecule is CC(C)(C)c1ccc2c(c1)B1c3cc(C(C)(C)C)ccc3N(C3=C(c4ccccc4)C4C=CC=CC4S3)c3cc(N(c4ccccc4)c4ccccc4)cc(c31)N2C1=C(c2ccccc2)C2C=CC=CC2S1. The number of benzene rings is 7. The van der Waals surface area contributed by atoms with Crippen molar-refractivity contribution in [3.8, 4) is 0 Å². The van der Waals surface area contributed by atoms with E-state index in [2.05, 4.69) is 275 Å². The van der Waals surface area contributed by atoms with Crippen LogP contribution in [0.2, 0.25) is 0 Å². The first kappa shape index (κ1) is 45.0. The third-order valence-corrected chi connectivity index (χ3v) is 18.1. The molecule has 7 aromatic rings. The Morgan fingerprint density at radius 1 is 0.417 bits per heavy atom. The molecule has 0 fully saturated rings. The van der Waals surface area contributed by atoms with E-state index < -0.39 is 0 Å². The summed E-state index contributed by atoms with van der Waals surface area (Å²) < 4.78 is 0. The van der Waals surface area contributed by atoms with Crippen LogP contribution in [0.15, 0.2) is 229 Å². The van der Waals surface area contributed by atoms with E-state index in [9.17, 15) is 0 Å². The number of anilines is 7. The highest BCUT2D eigenvalue weighted by Crippen LogP contribution is 2.58. The predicted molar refractivity (Wildman–Crippen MR) is 313 cm³/mol. The molecule has 0 N–H and O–H groups in total. The van der Waals surface area contributed by atoms with E-state index in [0.717, 1.165) is 17.1 Å². The van der Waals surface area contributed by atoms with Gasteiger partial charge in [-0.25, -0.2) is 0 Å². The second-order valence-electron chi connectivity index (χ2n) is 22.0. The van der Waals surface area contributed by atoms with Crippen molar-refractivity contribution < 1.29 is 0 Å². The van der Waals surface area contributed by atoms with E-state index in [4.69, 9.17) is 0 Å². The minimum Gasteiger partial charge on any atom is -0.310 e. The third-order valence-electron chi connectivity index (χ3n) is 15.4. The van der Waals surface area contributed by atoms with Gasteiger partial charge in [-0.2, -0.15) is 0 Å². The van der Waals surface area contributed by atoms with Gasteiger partial charge < -0.3 is 14.7 Å². The van der Waals surface area contributed by atoms with Gasteiger partial charge in [-0.15, -0.1) is 0 Å². The molecular formula is C66H58BN3S2. The first-order valence-corrected chi connectivity index (χ1v) is 27.4. The molecule has 0 aromatic heterocycles. The first-order chi connectivity index (χ1) is 35.0. The summed E-state index contributed by atoms with van der Waals surface area (Å²) >= 11 is 4.04. The largest absolute Gasteiger partial charge is 0.310 e. The molecule has 6 heteroatoms. The van der Waals surface area contributed by atoms with Crippen molar-refractivity contribution in [1.82, 2.24) is 0 Å². The quantitative estimate of drug-likeness (QED) is 0.147. The number of nitrogens with zero attached hydrogens (tertiary/aromatic N) is 3. The molecule has 3 nitrogen and oxygen atoms in total. The number of hydrogen-bond acceptors (Lipinski definition) is 5. The lowest BCUT2D eigenvalue weighted by atomic mass is 9.33. The summed E-state index contributed by atoms with van der Waals surface area (Å²) in [6.07, 6.45) is 18.7. The van der Waals surface area contributed by atoms with Gasteiger partial charge in [0.05, 0.1) is 15.7 Å². The number of allylic oxidation sites excluding steroid dienone is 8. The summed E-state index contributed by atoms with van der Waals surface area (Å²) in [5, 5.41) is 3.12. The average Bonchev–Trinajstić information content (AvgIpc) is 3.98. The number of fused-ring (bicyclic) bond motifs is 6. The zero-order valence-corrected chi connectivity index (χ0v) is 43.5. The monoisotopic (exact) mass is 967 g/mol. The average molecular weight is 968 g/mol. The maximum atomic E-state index is 2.71. The van der Waals surface area contributed by atoms with Crippen molar-refractivity contribution in [2.24, 2.45) is 11.8 Å². The Morgan fingerprint density at radius 3 is 1.21 bits per heavy atom. The van der Waals surface area contributed by atoms with E-state index in [0.29, 0.717) is 0 Å². The third kappa shape index (κ3) is 7.43. The van der Waals surface area contributed by atoms with Crippen LogP contribution in [-0.4, -0.2) is 17.2 Å². The van der Waals surface area contributed by atoms with Crippen molar-refractivity contribution in [3.05, 3.63) is 251 Å². The number of hydrogen-bond donors (Lipinski definition) is 0. The van der Waals surface area contributed by atoms with Crippen LogP contribution in [-0.2, 0) is 10.8 Å². The van der Waals surface area contributed by atoms with Crippen LogP contribution in [0, 0.1) is 11.8 Å². The normalized spacial score (nSPS) is 20.4. The fourth-order valence-corrected chi connectivity index (χ4v) is 14.9. The molecule has 0 saturated heterocycles. The Bertz CT molecular complexity index is 3240. The summed E-state index contributed by atoms with van der Waals surface area (Å²) in [6.45, 7) is 14.1. The molecule has 6 aliphatic rings. The van der Waals surface area contributed by atoms with Gasteiger partial charge in [0, 0.05) is 56.5 Å². The lowest BCUT2D eigenvalue weighted by Gasteiger charge is -2.46. The Morgan fingerprint density at radius 2 is 0.806 bits per heavy atom. The maximum Gasteiger partial charge on any atom is 0.252 e. The summed E-state index contributed by atoms with van der Waals surface area (Å²) in [4.78, 5) is 7.88. The van der Waals surface area contributed by atoms with Crippen LogP contribution >= 0.6 is 23.5 Å². The molecule has 72 heavy (non-hydrogen) atoms. The highest BCUT2D eigenvalue weighted by Gasteiger charge is 2.49. The van der Waals surface area contributed by atoms with E-state index in [-0.39, 0.29) is 39.9 Å². The van der Waals surface area contributed by atoms with Crippen molar-refractivity contribution in [3.63, 3.8) is 0 Å². The molecule has 4 heterocycles. The Hall–Kier alpha value is -6.86. The molecule has 0 saturated carbocycles. The molecule has 4 atom stereocenters. The smallest absolute Gasteiger partial charge is 0.252 e. The highest BCUT2D eigenvalue weighted by molar-refractivity contribution is 8.04. The molecule has 4 unspecified atom stereocenters. The number of para-hydroxylation sites is 2. The van der Waals surface area contributed by atoms with Gasteiger partial charge in [0.2, 0.25) is 0 Å². The number of thioether (sulfide) groups is 2. The standard InChI is InChI=1S/C66H58BN3S2/c1-65(2,3)45-35-37-54-52(39-45)67-53-40-46(66(4,5)6)36-38-55(53)70(64-61(44-25-13-8-14-26-44)51-32-20-22-34-59(51)72-64)57-42-49(68(47-27-15-9-16-28-47)48-29-17-10-18-30-48)41-56(62(57)67)69(54)63-60(43-23-11-7-12-24-43)50-31-19-21-33-58(50)71-63/h7-42,50-51,58-59H,1-6H3. The number of rotatable bonds is 7. The van der Waals surface area contributed by atoms with Crippen LogP contribution in [0.25, 0.3) is 11.1 Å². The zero-order chi connectivity index (χ0) is 48.9. The molecule has 0 amide bonds. The van der Waals surface area contributed by atoms with Gasteiger partial charge in [-0.1, -0.05) is 235 Å². The minimum atomic E-state index is -0.0657. The van der Waals surface area contributed by atoms with Gasteiger partial charge in [0.25, 0.3) is 6.71 Å². The molecule has 4 aliphatic heterocycles. The van der Waals surface area contributed by atoms with E-state index in [1.807, 2.05) is 23.5 Å². The van der Waals surface area contributed by atoms with Gasteiger partial charge >= 0.3 is 0 Å². The summed E-state index contributed by atoms with van der Waals surface area (Å²) in [5.41, 5.74) is 20.2.